The van der Waals surface area contributed by atoms with Crippen molar-refractivity contribution in [3.8, 4) is 0 Å². The molecule has 1 aliphatic rings. The Morgan fingerprint density at radius 1 is 0.913 bits per heavy atom. The number of hydrogen-bond acceptors (Lipinski definition) is 4. The summed E-state index contributed by atoms with van der Waals surface area (Å²) in [7, 11) is 0. The summed E-state index contributed by atoms with van der Waals surface area (Å²) in [6.45, 7) is 4.04. The topological polar surface area (TPSA) is 49.8 Å². The first-order valence-corrected chi connectivity index (χ1v) is 8.65. The van der Waals surface area contributed by atoms with Crippen LogP contribution in [-0.2, 0) is 0 Å². The lowest BCUT2D eigenvalue weighted by Gasteiger charge is -2.18. The summed E-state index contributed by atoms with van der Waals surface area (Å²) in [6.07, 6.45) is 7.84. The van der Waals surface area contributed by atoms with E-state index in [2.05, 4.69) is 51.8 Å². The normalized spacial score (nSPS) is 15.9. The zero-order valence-electron chi connectivity index (χ0n) is 14.1. The van der Waals surface area contributed by atoms with Gasteiger partial charge in [-0.1, -0.05) is 37.8 Å². The summed E-state index contributed by atoms with van der Waals surface area (Å²) in [6, 6.07) is 10.9. The number of rotatable bonds is 4. The molecular formula is C19H26N4. The van der Waals surface area contributed by atoms with E-state index in [1.165, 1.54) is 44.1 Å². The van der Waals surface area contributed by atoms with Crippen LogP contribution in [0.25, 0.3) is 0 Å². The zero-order valence-corrected chi connectivity index (χ0v) is 14.1. The fourth-order valence-corrected chi connectivity index (χ4v) is 3.21. The summed E-state index contributed by atoms with van der Waals surface area (Å²) < 4.78 is 0. The van der Waals surface area contributed by atoms with Crippen LogP contribution < -0.4 is 10.6 Å². The Morgan fingerprint density at radius 3 is 2.39 bits per heavy atom. The Bertz CT molecular complexity index is 646. The first kappa shape index (κ1) is 15.8. The number of benzene rings is 1. The highest BCUT2D eigenvalue weighted by Crippen LogP contribution is 2.23. The van der Waals surface area contributed by atoms with E-state index in [9.17, 15) is 0 Å². The Labute approximate surface area is 138 Å². The third kappa shape index (κ3) is 4.68. The van der Waals surface area contributed by atoms with Gasteiger partial charge in [0.25, 0.3) is 0 Å². The third-order valence-electron chi connectivity index (χ3n) is 4.34. The molecule has 1 aliphatic carbocycles. The molecule has 0 unspecified atom stereocenters. The maximum Gasteiger partial charge on any atom is 0.136 e. The van der Waals surface area contributed by atoms with E-state index in [0.717, 1.165) is 23.1 Å². The minimum Gasteiger partial charge on any atom is -0.367 e. The van der Waals surface area contributed by atoms with E-state index < -0.39 is 0 Å². The van der Waals surface area contributed by atoms with Gasteiger partial charge < -0.3 is 10.6 Å². The van der Waals surface area contributed by atoms with Gasteiger partial charge in [-0.2, -0.15) is 0 Å². The van der Waals surface area contributed by atoms with Crippen molar-refractivity contribution in [1.82, 2.24) is 9.97 Å². The van der Waals surface area contributed by atoms with Gasteiger partial charge in [-0.15, -0.1) is 0 Å². The Hall–Kier alpha value is -2.10. The molecule has 4 heteroatoms. The minimum absolute atomic E-state index is 0.540. The molecule has 0 bridgehead atoms. The maximum atomic E-state index is 4.56. The fourth-order valence-electron chi connectivity index (χ4n) is 3.21. The molecule has 2 aromatic rings. The molecule has 23 heavy (non-hydrogen) atoms. The molecule has 1 fully saturated rings. The van der Waals surface area contributed by atoms with E-state index in [0.29, 0.717) is 6.04 Å². The molecule has 2 N–H and O–H groups in total. The van der Waals surface area contributed by atoms with Crippen LogP contribution in [0, 0.1) is 13.8 Å². The summed E-state index contributed by atoms with van der Waals surface area (Å²) in [5.74, 6) is 2.57. The Balaban J connectivity index is 1.73. The number of nitrogens with zero attached hydrogens (tertiary/aromatic N) is 2. The van der Waals surface area contributed by atoms with Crippen LogP contribution in [0.3, 0.4) is 0 Å². The van der Waals surface area contributed by atoms with Gasteiger partial charge in [-0.05, 0) is 44.4 Å². The van der Waals surface area contributed by atoms with Gasteiger partial charge in [0.15, 0.2) is 0 Å². The standard InChI is InChI=1S/C19H26N4/c1-14-8-7-11-17(12-14)23-19-13-18(20-15(2)21-19)22-16-9-5-3-4-6-10-16/h7-8,11-13,16H,3-6,9-10H2,1-2H3,(H2,20,21,22,23). The maximum absolute atomic E-state index is 4.56. The van der Waals surface area contributed by atoms with E-state index in [-0.39, 0.29) is 0 Å². The number of anilines is 3. The number of aryl methyl sites for hydroxylation is 2. The van der Waals surface area contributed by atoms with Gasteiger partial charge >= 0.3 is 0 Å². The van der Waals surface area contributed by atoms with Gasteiger partial charge in [0.05, 0.1) is 0 Å². The molecule has 0 spiro atoms. The molecule has 0 saturated heterocycles. The second-order valence-electron chi connectivity index (χ2n) is 6.51. The molecule has 1 heterocycles. The summed E-state index contributed by atoms with van der Waals surface area (Å²) in [5, 5.41) is 6.99. The molecule has 1 saturated carbocycles. The Kier molecular flexibility index (Phi) is 5.11. The van der Waals surface area contributed by atoms with Crippen molar-refractivity contribution in [1.29, 1.82) is 0 Å². The SMILES string of the molecule is Cc1cccc(Nc2cc(NC3CCCCCC3)nc(C)n2)c1. The van der Waals surface area contributed by atoms with Crippen molar-refractivity contribution in [2.24, 2.45) is 0 Å². The average molecular weight is 310 g/mol. The predicted molar refractivity (Wildman–Crippen MR) is 96.3 cm³/mol. The lowest BCUT2D eigenvalue weighted by molar-refractivity contribution is 0.617. The number of nitrogens with one attached hydrogen (secondary N) is 2. The van der Waals surface area contributed by atoms with E-state index >= 15 is 0 Å². The van der Waals surface area contributed by atoms with Crippen molar-refractivity contribution in [2.75, 3.05) is 10.6 Å². The smallest absolute Gasteiger partial charge is 0.136 e. The second kappa shape index (κ2) is 7.44. The van der Waals surface area contributed by atoms with E-state index in [1.54, 1.807) is 0 Å². The predicted octanol–water partition coefficient (Wildman–Crippen LogP) is 4.97. The van der Waals surface area contributed by atoms with Crippen LogP contribution in [-0.4, -0.2) is 16.0 Å². The third-order valence-corrected chi connectivity index (χ3v) is 4.34. The summed E-state index contributed by atoms with van der Waals surface area (Å²) in [4.78, 5) is 9.06. The molecule has 1 aromatic carbocycles. The van der Waals surface area contributed by atoms with Gasteiger partial charge in [0.2, 0.25) is 0 Å². The fraction of sp³-hybridized carbons (Fsp3) is 0.474. The molecular weight excluding hydrogens is 284 g/mol. The van der Waals surface area contributed by atoms with Crippen LogP contribution in [0.15, 0.2) is 30.3 Å². The van der Waals surface area contributed by atoms with Crippen LogP contribution in [0.2, 0.25) is 0 Å². The lowest BCUT2D eigenvalue weighted by atomic mass is 10.1. The van der Waals surface area contributed by atoms with Gasteiger partial charge in [0.1, 0.15) is 17.5 Å². The summed E-state index contributed by atoms with van der Waals surface area (Å²) in [5.41, 5.74) is 2.29. The molecule has 1 aromatic heterocycles. The van der Waals surface area contributed by atoms with Crippen molar-refractivity contribution >= 4 is 17.3 Å². The highest BCUT2D eigenvalue weighted by Gasteiger charge is 2.13. The molecule has 0 amide bonds. The van der Waals surface area contributed by atoms with E-state index in [1.807, 2.05) is 13.0 Å². The first-order valence-electron chi connectivity index (χ1n) is 8.65. The largest absolute Gasteiger partial charge is 0.367 e. The number of aromatic nitrogens is 2. The monoisotopic (exact) mass is 310 g/mol. The van der Waals surface area contributed by atoms with Crippen molar-refractivity contribution in [2.45, 2.75) is 58.4 Å². The molecule has 3 rings (SSSR count). The molecule has 0 radical (unpaired) electrons. The van der Waals surface area contributed by atoms with Gasteiger partial charge in [-0.25, -0.2) is 9.97 Å². The van der Waals surface area contributed by atoms with Gasteiger partial charge in [-0.3, -0.25) is 0 Å². The van der Waals surface area contributed by atoms with Crippen LogP contribution in [0.1, 0.15) is 49.9 Å². The van der Waals surface area contributed by atoms with Crippen LogP contribution in [0.4, 0.5) is 17.3 Å². The van der Waals surface area contributed by atoms with Crippen molar-refractivity contribution in [3.05, 3.63) is 41.7 Å². The molecule has 0 atom stereocenters. The molecule has 122 valence electrons. The average Bonchev–Trinajstić information content (AvgIpc) is 2.75. The second-order valence-corrected chi connectivity index (χ2v) is 6.51. The van der Waals surface area contributed by atoms with Crippen molar-refractivity contribution < 1.29 is 0 Å². The molecule has 4 nitrogen and oxygen atoms in total. The van der Waals surface area contributed by atoms with E-state index in [4.69, 9.17) is 0 Å². The quantitative estimate of drug-likeness (QED) is 0.783. The lowest BCUT2D eigenvalue weighted by Crippen LogP contribution is -2.19. The van der Waals surface area contributed by atoms with Crippen LogP contribution >= 0.6 is 0 Å². The van der Waals surface area contributed by atoms with Crippen molar-refractivity contribution in [3.63, 3.8) is 0 Å². The minimum atomic E-state index is 0.540. The highest BCUT2D eigenvalue weighted by molar-refractivity contribution is 5.60. The zero-order chi connectivity index (χ0) is 16.1. The number of hydrogen-bond donors (Lipinski definition) is 2. The Morgan fingerprint density at radius 2 is 1.65 bits per heavy atom. The highest BCUT2D eigenvalue weighted by atomic mass is 15.1. The molecule has 0 aliphatic heterocycles. The van der Waals surface area contributed by atoms with Gasteiger partial charge in [0, 0.05) is 17.8 Å². The summed E-state index contributed by atoms with van der Waals surface area (Å²) >= 11 is 0. The first-order chi connectivity index (χ1) is 11.2. The van der Waals surface area contributed by atoms with Crippen LogP contribution in [0.5, 0.6) is 0 Å².